The van der Waals surface area contributed by atoms with Crippen LogP contribution in [0.2, 0.25) is 5.02 Å². The summed E-state index contributed by atoms with van der Waals surface area (Å²) in [6.45, 7) is 0.192. The second kappa shape index (κ2) is 17.8. The molecule has 0 bridgehead atoms. The van der Waals surface area contributed by atoms with Crippen molar-refractivity contribution in [2.24, 2.45) is 0 Å². The molecule has 0 aliphatic rings. The molecule has 274 valence electrons. The minimum absolute atomic E-state index is 0.0269. The van der Waals surface area contributed by atoms with Crippen LogP contribution in [0.4, 0.5) is 0 Å². The number of amides is 4. The maximum atomic E-state index is 13.9. The first-order valence-corrected chi connectivity index (χ1v) is 17.3. The molecule has 0 spiro atoms. The Morgan fingerprint density at radius 2 is 1.34 bits per heavy atom. The highest BCUT2D eigenvalue weighted by atomic mass is 35.5. The van der Waals surface area contributed by atoms with E-state index in [1.807, 2.05) is 66.7 Å². The van der Waals surface area contributed by atoms with Gasteiger partial charge in [0, 0.05) is 35.3 Å². The van der Waals surface area contributed by atoms with Gasteiger partial charge in [0.15, 0.2) is 0 Å². The Hall–Kier alpha value is -6.21. The predicted molar refractivity (Wildman–Crippen MR) is 198 cm³/mol. The fourth-order valence-electron chi connectivity index (χ4n) is 5.84. The molecule has 0 aliphatic carbocycles. The first kappa shape index (κ1) is 38.0. The number of carboxylic acid groups (broad SMARTS) is 2. The van der Waals surface area contributed by atoms with Gasteiger partial charge in [-0.1, -0.05) is 84.4 Å². The average molecular weight is 740 g/mol. The quantitative estimate of drug-likeness (QED) is 0.0741. The largest absolute Gasteiger partial charge is 0.481 e. The van der Waals surface area contributed by atoms with Crippen LogP contribution in [0.3, 0.4) is 0 Å². The van der Waals surface area contributed by atoms with Gasteiger partial charge in [-0.2, -0.15) is 0 Å². The molecule has 0 fully saturated rings. The maximum Gasteiger partial charge on any atom is 0.305 e. The van der Waals surface area contributed by atoms with Gasteiger partial charge < -0.3 is 36.5 Å². The van der Waals surface area contributed by atoms with Crippen molar-refractivity contribution in [2.45, 2.75) is 50.2 Å². The first-order valence-electron chi connectivity index (χ1n) is 16.9. The number of halogens is 1. The van der Waals surface area contributed by atoms with Gasteiger partial charge in [-0.05, 0) is 59.0 Å². The number of benzene rings is 4. The van der Waals surface area contributed by atoms with Gasteiger partial charge in [0.2, 0.25) is 17.7 Å². The number of rotatable bonds is 17. The molecule has 5 rings (SSSR count). The number of nitrogens with one attached hydrogen (secondary N) is 5. The predicted octanol–water partition coefficient (Wildman–Crippen LogP) is 3.98. The number of aromatic amines is 1. The SMILES string of the molecule is O=C(O)CC[C@H](NC(=O)[C@H](CC(=O)O)NC(=O)[C@H](Cc1ccc2ccccc2c1)NC(=O)c1cc2cc(Cl)ccc2[nH]1)C(=O)NCCc1ccccc1. The van der Waals surface area contributed by atoms with Gasteiger partial charge in [0.25, 0.3) is 5.91 Å². The van der Waals surface area contributed by atoms with Crippen LogP contribution in [0.15, 0.2) is 97.1 Å². The van der Waals surface area contributed by atoms with E-state index in [1.54, 1.807) is 30.3 Å². The van der Waals surface area contributed by atoms with Crippen LogP contribution >= 0.6 is 11.6 Å². The third kappa shape index (κ3) is 10.9. The number of aliphatic carboxylic acids is 2. The number of fused-ring (bicyclic) bond motifs is 2. The average Bonchev–Trinajstić information content (AvgIpc) is 3.56. The molecule has 4 amide bonds. The van der Waals surface area contributed by atoms with Crippen LogP contribution in [0.5, 0.6) is 0 Å². The van der Waals surface area contributed by atoms with Crippen molar-refractivity contribution < 1.29 is 39.0 Å². The van der Waals surface area contributed by atoms with E-state index in [1.165, 1.54) is 0 Å². The summed E-state index contributed by atoms with van der Waals surface area (Å²) >= 11 is 6.11. The summed E-state index contributed by atoms with van der Waals surface area (Å²) in [5.41, 5.74) is 2.39. The highest BCUT2D eigenvalue weighted by Crippen LogP contribution is 2.21. The highest BCUT2D eigenvalue weighted by Gasteiger charge is 2.32. The molecular weight excluding hydrogens is 702 g/mol. The van der Waals surface area contributed by atoms with E-state index in [4.69, 9.17) is 11.6 Å². The molecule has 5 aromatic rings. The molecule has 4 aromatic carbocycles. The summed E-state index contributed by atoms with van der Waals surface area (Å²) in [4.78, 5) is 80.3. The number of carbonyl (C=O) groups is 6. The molecule has 0 unspecified atom stereocenters. The number of aromatic nitrogens is 1. The van der Waals surface area contributed by atoms with Gasteiger partial charge in [0.05, 0.1) is 6.42 Å². The number of hydrogen-bond acceptors (Lipinski definition) is 6. The summed E-state index contributed by atoms with van der Waals surface area (Å²) in [6, 6.07) is 24.7. The minimum Gasteiger partial charge on any atom is -0.481 e. The second-order valence-corrected chi connectivity index (χ2v) is 12.9. The van der Waals surface area contributed by atoms with Gasteiger partial charge in [0.1, 0.15) is 23.8 Å². The Morgan fingerprint density at radius 1 is 0.642 bits per heavy atom. The Kier molecular flexibility index (Phi) is 12.8. The lowest BCUT2D eigenvalue weighted by Crippen LogP contribution is -2.57. The Morgan fingerprint density at radius 3 is 2.08 bits per heavy atom. The standard InChI is InChI=1S/C39H38ClN5O8/c40-28-12-13-29-27(20-28)21-32(42-29)38(52)44-31(19-24-10-11-25-8-4-5-9-26(25)18-24)37(51)45-33(22-35(48)49)39(53)43-30(14-15-34(46)47)36(50)41-17-16-23-6-2-1-3-7-23/h1-13,18,20-21,30-31,33,42H,14-17,19,22H2,(H,41,50)(H,43,53)(H,44,52)(H,45,51)(H,46,47)(H,48,49)/t30-,31-,33-/m0/s1. The van der Waals surface area contributed by atoms with Gasteiger partial charge in [-0.3, -0.25) is 28.8 Å². The molecule has 3 atom stereocenters. The summed E-state index contributed by atoms with van der Waals surface area (Å²) in [5, 5.41) is 32.2. The van der Waals surface area contributed by atoms with Crippen molar-refractivity contribution in [1.82, 2.24) is 26.3 Å². The van der Waals surface area contributed by atoms with Crippen LogP contribution in [-0.4, -0.2) is 75.4 Å². The third-order valence-electron chi connectivity index (χ3n) is 8.55. The van der Waals surface area contributed by atoms with E-state index in [-0.39, 0.29) is 25.1 Å². The lowest BCUT2D eigenvalue weighted by Gasteiger charge is -2.24. The normalized spacial score (nSPS) is 12.7. The first-order chi connectivity index (χ1) is 25.4. The van der Waals surface area contributed by atoms with Gasteiger partial charge >= 0.3 is 11.9 Å². The molecule has 14 heteroatoms. The molecule has 1 aromatic heterocycles. The van der Waals surface area contributed by atoms with E-state index in [2.05, 4.69) is 26.3 Å². The molecule has 13 nitrogen and oxygen atoms in total. The molecule has 0 aliphatic heterocycles. The monoisotopic (exact) mass is 739 g/mol. The fourth-order valence-corrected chi connectivity index (χ4v) is 6.02. The molecular formula is C39H38ClN5O8. The van der Waals surface area contributed by atoms with Crippen molar-refractivity contribution in [3.63, 3.8) is 0 Å². The summed E-state index contributed by atoms with van der Waals surface area (Å²) in [7, 11) is 0. The maximum absolute atomic E-state index is 13.9. The van der Waals surface area contributed by atoms with Crippen molar-refractivity contribution in [3.8, 4) is 0 Å². The molecule has 53 heavy (non-hydrogen) atoms. The van der Waals surface area contributed by atoms with E-state index in [9.17, 15) is 39.0 Å². The molecule has 0 saturated heterocycles. The molecule has 0 radical (unpaired) electrons. The van der Waals surface area contributed by atoms with E-state index >= 15 is 0 Å². The van der Waals surface area contributed by atoms with Gasteiger partial charge in [-0.15, -0.1) is 0 Å². The number of carbonyl (C=O) groups excluding carboxylic acids is 4. The number of hydrogen-bond donors (Lipinski definition) is 7. The zero-order valence-corrected chi connectivity index (χ0v) is 29.2. The Balaban J connectivity index is 1.34. The van der Waals surface area contributed by atoms with Crippen molar-refractivity contribution in [2.75, 3.05) is 6.54 Å². The van der Waals surface area contributed by atoms with Gasteiger partial charge in [-0.25, -0.2) is 0 Å². The van der Waals surface area contributed by atoms with E-state index < -0.39 is 66.5 Å². The summed E-state index contributed by atoms with van der Waals surface area (Å²) in [5.74, 6) is -5.82. The molecule has 1 heterocycles. The molecule has 7 N–H and O–H groups in total. The van der Waals surface area contributed by atoms with Crippen LogP contribution < -0.4 is 21.3 Å². The zero-order chi connectivity index (χ0) is 37.9. The van der Waals surface area contributed by atoms with E-state index in [0.717, 1.165) is 16.3 Å². The zero-order valence-electron chi connectivity index (χ0n) is 28.4. The van der Waals surface area contributed by atoms with Crippen LogP contribution in [0, 0.1) is 0 Å². The number of H-pyrrole nitrogens is 1. The smallest absolute Gasteiger partial charge is 0.305 e. The second-order valence-electron chi connectivity index (χ2n) is 12.5. The lowest BCUT2D eigenvalue weighted by molar-refractivity contribution is -0.141. The third-order valence-corrected chi connectivity index (χ3v) is 8.79. The lowest BCUT2D eigenvalue weighted by atomic mass is 10.0. The summed E-state index contributed by atoms with van der Waals surface area (Å²) < 4.78 is 0. The highest BCUT2D eigenvalue weighted by molar-refractivity contribution is 6.31. The van der Waals surface area contributed by atoms with Crippen LogP contribution in [0.25, 0.3) is 21.7 Å². The Bertz CT molecular complexity index is 2140. The van der Waals surface area contributed by atoms with Crippen molar-refractivity contribution in [3.05, 3.63) is 119 Å². The van der Waals surface area contributed by atoms with Crippen molar-refractivity contribution in [1.29, 1.82) is 0 Å². The molecule has 0 saturated carbocycles. The van der Waals surface area contributed by atoms with E-state index in [0.29, 0.717) is 27.9 Å². The van der Waals surface area contributed by atoms with Crippen LogP contribution in [0.1, 0.15) is 40.9 Å². The van der Waals surface area contributed by atoms with Crippen molar-refractivity contribution >= 4 is 68.8 Å². The summed E-state index contributed by atoms with van der Waals surface area (Å²) in [6.07, 6.45) is -1.17. The Labute approximate surface area is 309 Å². The number of carboxylic acids is 2. The fraction of sp³-hybridized carbons (Fsp3) is 0.231. The van der Waals surface area contributed by atoms with Crippen LogP contribution in [-0.2, 0) is 36.8 Å². The topological polar surface area (TPSA) is 207 Å². The minimum atomic E-state index is -1.68.